The molecule has 3 heteroatoms. The number of hydrogen-bond acceptors (Lipinski definition) is 2. The summed E-state index contributed by atoms with van der Waals surface area (Å²) < 4.78 is 8.67. The van der Waals surface area contributed by atoms with Crippen LogP contribution in [0.2, 0.25) is 0 Å². The highest BCUT2D eigenvalue weighted by Crippen LogP contribution is 2.31. The minimum absolute atomic E-state index is 0.972. The molecule has 0 saturated heterocycles. The molecule has 0 amide bonds. The summed E-state index contributed by atoms with van der Waals surface area (Å²) in [6.07, 6.45) is 4.46. The number of benzene rings is 3. The Morgan fingerprint density at radius 3 is 2.44 bits per heavy atom. The van der Waals surface area contributed by atoms with Gasteiger partial charge in [-0.05, 0) is 47.0 Å². The molecule has 27 heavy (non-hydrogen) atoms. The summed E-state index contributed by atoms with van der Waals surface area (Å²) in [4.78, 5) is 2.12. The minimum Gasteiger partial charge on any atom is -0.398 e. The maximum atomic E-state index is 6.33. The molecule has 0 atom stereocenters. The van der Waals surface area contributed by atoms with Crippen molar-refractivity contribution in [1.29, 1.82) is 0 Å². The summed E-state index contributed by atoms with van der Waals surface area (Å²) in [7, 11) is 4.13. The Labute approximate surface area is 159 Å². The van der Waals surface area contributed by atoms with E-state index in [0.717, 1.165) is 30.9 Å². The summed E-state index contributed by atoms with van der Waals surface area (Å²) in [5.41, 5.74) is 5.87. The summed E-state index contributed by atoms with van der Waals surface area (Å²) in [5, 5.41) is 2.48. The smallest absolute Gasteiger partial charge is 0.377 e. The van der Waals surface area contributed by atoms with Crippen molar-refractivity contribution in [3.05, 3.63) is 72.1 Å². The zero-order valence-corrected chi connectivity index (χ0v) is 15.8. The summed E-state index contributed by atoms with van der Waals surface area (Å²) in [6, 6.07) is 21.6. The molecule has 1 aliphatic rings. The van der Waals surface area contributed by atoms with Gasteiger partial charge in [-0.2, -0.15) is 4.57 Å². The number of anilines is 1. The molecule has 0 aliphatic carbocycles. The van der Waals surface area contributed by atoms with Gasteiger partial charge < -0.3 is 9.32 Å². The fourth-order valence-corrected chi connectivity index (χ4v) is 3.97. The second-order valence-corrected chi connectivity index (χ2v) is 7.49. The lowest BCUT2D eigenvalue weighted by molar-refractivity contribution is -0.682. The van der Waals surface area contributed by atoms with Gasteiger partial charge in [0, 0.05) is 32.3 Å². The van der Waals surface area contributed by atoms with Crippen molar-refractivity contribution < 1.29 is 8.98 Å². The molecule has 0 bridgehead atoms. The van der Waals surface area contributed by atoms with E-state index in [2.05, 4.69) is 90.3 Å². The highest BCUT2D eigenvalue weighted by atomic mass is 16.4. The Kier molecular flexibility index (Phi) is 3.75. The van der Waals surface area contributed by atoms with Crippen LogP contribution >= 0.6 is 0 Å². The molecule has 0 unspecified atom stereocenters. The van der Waals surface area contributed by atoms with Gasteiger partial charge in [0.2, 0.25) is 5.58 Å². The fraction of sp³-hybridized carbons (Fsp3) is 0.208. The van der Waals surface area contributed by atoms with E-state index in [4.69, 9.17) is 4.42 Å². The number of aryl methyl sites for hydroxylation is 1. The first-order chi connectivity index (χ1) is 13.2. The molecule has 2 heterocycles. The van der Waals surface area contributed by atoms with Gasteiger partial charge in [-0.1, -0.05) is 36.4 Å². The average Bonchev–Trinajstić information content (AvgIpc) is 3.05. The maximum Gasteiger partial charge on any atom is 0.377 e. The van der Waals surface area contributed by atoms with Crippen LogP contribution in [0.25, 0.3) is 33.5 Å². The highest BCUT2D eigenvalue weighted by Gasteiger charge is 2.30. The Morgan fingerprint density at radius 1 is 0.963 bits per heavy atom. The predicted octanol–water partition coefficient (Wildman–Crippen LogP) is 5.27. The first-order valence-corrected chi connectivity index (χ1v) is 9.52. The molecule has 1 aliphatic heterocycles. The fourth-order valence-electron chi connectivity index (χ4n) is 3.97. The van der Waals surface area contributed by atoms with Gasteiger partial charge >= 0.3 is 5.89 Å². The molecule has 134 valence electrons. The van der Waals surface area contributed by atoms with Crippen LogP contribution in [0.3, 0.4) is 0 Å². The highest BCUT2D eigenvalue weighted by molar-refractivity contribution is 5.93. The third kappa shape index (κ3) is 2.80. The molecule has 0 fully saturated rings. The summed E-state index contributed by atoms with van der Waals surface area (Å²) in [6.45, 7) is 1.01. The van der Waals surface area contributed by atoms with E-state index < -0.39 is 0 Å². The van der Waals surface area contributed by atoms with Crippen LogP contribution < -0.4 is 9.47 Å². The molecular weight excluding hydrogens is 332 g/mol. The standard InChI is InChI=1S/C24H23N2O/c1-25(2)21-11-9-17(10-12-21)14-20-8-5-13-26-22-15-18-6-3-4-7-19(18)16-23(22)27-24(20)26/h3-4,6-7,9-12,14-16H,5,8,13H2,1-2H3/q+1. The SMILES string of the molecule is CN(C)c1ccc(C=C2CCC[n+]3c2oc2cc4ccccc4cc23)cc1. The molecule has 3 aromatic carbocycles. The molecule has 0 saturated carbocycles. The van der Waals surface area contributed by atoms with E-state index in [-0.39, 0.29) is 0 Å². The lowest BCUT2D eigenvalue weighted by Crippen LogP contribution is -2.38. The van der Waals surface area contributed by atoms with Crippen LogP contribution in [0.15, 0.2) is 65.1 Å². The quantitative estimate of drug-likeness (QED) is 0.456. The number of nitrogens with zero attached hydrogens (tertiary/aromatic N) is 2. The number of aromatic nitrogens is 1. The number of allylic oxidation sites excluding steroid dienone is 1. The van der Waals surface area contributed by atoms with E-state index in [1.807, 2.05) is 0 Å². The van der Waals surface area contributed by atoms with Crippen LogP contribution in [0, 0.1) is 0 Å². The van der Waals surface area contributed by atoms with Gasteiger partial charge in [0.15, 0.2) is 6.54 Å². The van der Waals surface area contributed by atoms with Crippen molar-refractivity contribution >= 4 is 39.2 Å². The normalized spacial score (nSPS) is 15.4. The second-order valence-electron chi connectivity index (χ2n) is 7.49. The molecule has 0 radical (unpaired) electrons. The van der Waals surface area contributed by atoms with E-state index in [1.165, 1.54) is 33.1 Å². The van der Waals surface area contributed by atoms with Crippen molar-refractivity contribution in [3.8, 4) is 0 Å². The third-order valence-corrected chi connectivity index (χ3v) is 5.42. The zero-order valence-electron chi connectivity index (χ0n) is 15.8. The molecule has 0 spiro atoms. The van der Waals surface area contributed by atoms with Crippen LogP contribution in [-0.4, -0.2) is 14.1 Å². The van der Waals surface area contributed by atoms with Crippen molar-refractivity contribution in [2.45, 2.75) is 19.4 Å². The molecule has 1 aromatic heterocycles. The lowest BCUT2D eigenvalue weighted by Gasteiger charge is -2.12. The summed E-state index contributed by atoms with van der Waals surface area (Å²) in [5.74, 6) is 1.00. The number of fused-ring (bicyclic) bond motifs is 4. The van der Waals surface area contributed by atoms with Crippen molar-refractivity contribution in [3.63, 3.8) is 0 Å². The van der Waals surface area contributed by atoms with Gasteiger partial charge in [-0.15, -0.1) is 0 Å². The number of oxazole rings is 1. The topological polar surface area (TPSA) is 20.3 Å². The molecule has 4 aromatic rings. The zero-order chi connectivity index (χ0) is 18.4. The molecule has 5 rings (SSSR count). The molecule has 0 N–H and O–H groups in total. The maximum absolute atomic E-state index is 6.33. The van der Waals surface area contributed by atoms with E-state index in [1.54, 1.807) is 0 Å². The van der Waals surface area contributed by atoms with Gasteiger partial charge in [0.25, 0.3) is 5.52 Å². The van der Waals surface area contributed by atoms with Crippen LogP contribution in [0.1, 0.15) is 24.3 Å². The van der Waals surface area contributed by atoms with Crippen molar-refractivity contribution in [1.82, 2.24) is 0 Å². The van der Waals surface area contributed by atoms with Gasteiger partial charge in [-0.25, -0.2) is 0 Å². The second kappa shape index (κ2) is 6.27. The van der Waals surface area contributed by atoms with Gasteiger partial charge in [-0.3, -0.25) is 0 Å². The van der Waals surface area contributed by atoms with Gasteiger partial charge in [0.1, 0.15) is 0 Å². The summed E-state index contributed by atoms with van der Waals surface area (Å²) >= 11 is 0. The van der Waals surface area contributed by atoms with Crippen LogP contribution in [0.4, 0.5) is 5.69 Å². The Hall–Kier alpha value is -3.07. The molecular formula is C24H23N2O+. The van der Waals surface area contributed by atoms with E-state index >= 15 is 0 Å². The number of rotatable bonds is 2. The monoisotopic (exact) mass is 355 g/mol. The Bertz CT molecular complexity index is 1170. The van der Waals surface area contributed by atoms with Crippen LogP contribution in [-0.2, 0) is 6.54 Å². The lowest BCUT2D eigenvalue weighted by atomic mass is 10.0. The number of hydrogen-bond donors (Lipinski definition) is 0. The Balaban J connectivity index is 1.62. The average molecular weight is 355 g/mol. The van der Waals surface area contributed by atoms with Crippen molar-refractivity contribution in [2.75, 3.05) is 19.0 Å². The first-order valence-electron chi connectivity index (χ1n) is 9.52. The van der Waals surface area contributed by atoms with E-state index in [0.29, 0.717) is 0 Å². The third-order valence-electron chi connectivity index (χ3n) is 5.42. The predicted molar refractivity (Wildman–Crippen MR) is 112 cm³/mol. The largest absolute Gasteiger partial charge is 0.398 e. The van der Waals surface area contributed by atoms with Gasteiger partial charge in [0.05, 0.1) is 5.57 Å². The Morgan fingerprint density at radius 2 is 1.70 bits per heavy atom. The van der Waals surface area contributed by atoms with Crippen LogP contribution in [0.5, 0.6) is 0 Å². The van der Waals surface area contributed by atoms with E-state index in [9.17, 15) is 0 Å². The minimum atomic E-state index is 0.972. The van der Waals surface area contributed by atoms with Crippen molar-refractivity contribution in [2.24, 2.45) is 0 Å². The molecule has 3 nitrogen and oxygen atoms in total. The first kappa shape index (κ1) is 16.1.